The third-order valence-electron chi connectivity index (χ3n) is 6.36. The molecule has 0 saturated carbocycles. The van der Waals surface area contributed by atoms with Crippen LogP contribution in [-0.2, 0) is 17.9 Å². The average Bonchev–Trinajstić information content (AvgIpc) is 2.87. The minimum Gasteiger partial charge on any atom is -0.486 e. The van der Waals surface area contributed by atoms with Gasteiger partial charge in [0.15, 0.2) is 11.5 Å². The molecule has 1 N–H and O–H groups in total. The van der Waals surface area contributed by atoms with Crippen molar-refractivity contribution in [1.29, 1.82) is 0 Å². The van der Waals surface area contributed by atoms with E-state index in [-0.39, 0.29) is 18.2 Å². The molecule has 3 aromatic rings. The fourth-order valence-corrected chi connectivity index (χ4v) is 4.46. The monoisotopic (exact) mass is 479 g/mol. The van der Waals surface area contributed by atoms with E-state index in [0.29, 0.717) is 37.0 Å². The summed E-state index contributed by atoms with van der Waals surface area (Å²) in [6, 6.07) is 7.14. The lowest BCUT2D eigenvalue weighted by molar-refractivity contribution is 0.124. The highest BCUT2D eigenvalue weighted by Gasteiger charge is 2.22. The first-order valence-electron chi connectivity index (χ1n) is 11.9. The van der Waals surface area contributed by atoms with E-state index in [4.69, 9.17) is 14.2 Å². The number of carbonyl (C=O) groups excluding carboxylic acids is 1. The van der Waals surface area contributed by atoms with Crippen LogP contribution in [0.25, 0.3) is 11.0 Å². The van der Waals surface area contributed by atoms with Crippen molar-refractivity contribution in [1.82, 2.24) is 24.8 Å². The molecule has 1 amide bonds. The molecule has 10 nitrogen and oxygen atoms in total. The molecule has 2 aliphatic heterocycles. The summed E-state index contributed by atoms with van der Waals surface area (Å²) in [4.78, 5) is 35.7. The van der Waals surface area contributed by atoms with Gasteiger partial charge in [0.2, 0.25) is 0 Å². The number of piperidine rings is 1. The number of nitrogens with zero attached hydrogens (tertiary/aromatic N) is 4. The molecule has 0 atom stereocenters. The highest BCUT2D eigenvalue weighted by Crippen LogP contribution is 2.29. The van der Waals surface area contributed by atoms with Crippen LogP contribution in [0.1, 0.15) is 24.1 Å². The van der Waals surface area contributed by atoms with Crippen molar-refractivity contribution in [3.8, 4) is 11.5 Å². The number of amides is 1. The first-order valence-corrected chi connectivity index (χ1v) is 11.9. The summed E-state index contributed by atoms with van der Waals surface area (Å²) in [6.07, 6.45) is 4.59. The Bertz CT molecular complexity index is 1270. The van der Waals surface area contributed by atoms with Gasteiger partial charge in [-0.25, -0.2) is 4.79 Å². The van der Waals surface area contributed by atoms with Crippen molar-refractivity contribution in [2.45, 2.75) is 39.0 Å². The number of ether oxygens (including phenoxy) is 3. The highest BCUT2D eigenvalue weighted by atomic mass is 16.6. The average molecular weight is 480 g/mol. The number of rotatable bonds is 6. The Morgan fingerprint density at radius 2 is 1.89 bits per heavy atom. The molecule has 0 unspecified atom stereocenters. The van der Waals surface area contributed by atoms with Gasteiger partial charge in [0.25, 0.3) is 5.56 Å². The van der Waals surface area contributed by atoms with Gasteiger partial charge in [-0.2, -0.15) is 0 Å². The summed E-state index contributed by atoms with van der Waals surface area (Å²) >= 11 is 0. The number of nitrogens with one attached hydrogen (secondary N) is 1. The molecule has 2 aliphatic rings. The number of alkyl carbamates (subject to hydrolysis) is 1. The molecule has 3 aromatic heterocycles. The van der Waals surface area contributed by atoms with Gasteiger partial charge in [-0.05, 0) is 37.5 Å². The van der Waals surface area contributed by atoms with Crippen LogP contribution in [0.3, 0.4) is 0 Å². The zero-order valence-electron chi connectivity index (χ0n) is 19.7. The zero-order chi connectivity index (χ0) is 24.2. The molecule has 5 rings (SSSR count). The Morgan fingerprint density at radius 1 is 1.09 bits per heavy atom. The summed E-state index contributed by atoms with van der Waals surface area (Å²) < 4.78 is 18.1. The van der Waals surface area contributed by atoms with Gasteiger partial charge < -0.3 is 29.0 Å². The van der Waals surface area contributed by atoms with Crippen molar-refractivity contribution in [2.75, 3.05) is 32.8 Å². The minimum atomic E-state index is -0.453. The van der Waals surface area contributed by atoms with Gasteiger partial charge >= 0.3 is 6.09 Å². The number of hydrogen-bond acceptors (Lipinski definition) is 8. The molecule has 0 aliphatic carbocycles. The van der Waals surface area contributed by atoms with Crippen LogP contribution >= 0.6 is 0 Å². The molecule has 184 valence electrons. The Labute approximate surface area is 202 Å². The topological polar surface area (TPSA) is 108 Å². The van der Waals surface area contributed by atoms with Crippen LogP contribution in [0.15, 0.2) is 41.5 Å². The summed E-state index contributed by atoms with van der Waals surface area (Å²) in [5, 5.41) is 2.95. The van der Waals surface area contributed by atoms with Gasteiger partial charge in [0.05, 0.1) is 22.9 Å². The smallest absolute Gasteiger partial charge is 0.407 e. The van der Waals surface area contributed by atoms with Crippen LogP contribution in [0.2, 0.25) is 0 Å². The van der Waals surface area contributed by atoms with Crippen molar-refractivity contribution >= 4 is 17.1 Å². The van der Waals surface area contributed by atoms with Gasteiger partial charge in [-0.1, -0.05) is 0 Å². The predicted octanol–water partition coefficient (Wildman–Crippen LogP) is 2.26. The van der Waals surface area contributed by atoms with Gasteiger partial charge in [0.1, 0.15) is 19.8 Å². The van der Waals surface area contributed by atoms with Crippen LogP contribution in [-0.4, -0.2) is 64.4 Å². The third-order valence-corrected chi connectivity index (χ3v) is 6.36. The molecule has 0 aromatic carbocycles. The lowest BCUT2D eigenvalue weighted by atomic mass is 10.1. The second kappa shape index (κ2) is 10.3. The van der Waals surface area contributed by atoms with Crippen molar-refractivity contribution in [2.24, 2.45) is 0 Å². The van der Waals surface area contributed by atoms with Crippen LogP contribution < -0.4 is 20.3 Å². The fraction of sp³-hybridized carbons (Fsp3) is 0.440. The second-order valence-corrected chi connectivity index (χ2v) is 8.90. The summed E-state index contributed by atoms with van der Waals surface area (Å²) in [7, 11) is 0. The highest BCUT2D eigenvalue weighted by molar-refractivity contribution is 5.74. The quantitative estimate of drug-likeness (QED) is 0.574. The first kappa shape index (κ1) is 23.1. The number of likely N-dealkylation sites (tertiary alicyclic amines) is 1. The van der Waals surface area contributed by atoms with Crippen LogP contribution in [0, 0.1) is 6.92 Å². The summed E-state index contributed by atoms with van der Waals surface area (Å²) in [6.45, 7) is 6.08. The molecule has 0 radical (unpaired) electrons. The minimum absolute atomic E-state index is 0.0169. The number of pyridine rings is 3. The molecular formula is C25H29N5O5. The maximum absolute atomic E-state index is 12.5. The third kappa shape index (κ3) is 5.54. The summed E-state index contributed by atoms with van der Waals surface area (Å²) in [5.41, 5.74) is 3.30. The number of carbonyl (C=O) groups is 1. The van der Waals surface area contributed by atoms with Gasteiger partial charge in [-0.3, -0.25) is 14.8 Å². The number of fused-ring (bicyclic) bond motifs is 2. The molecule has 0 bridgehead atoms. The van der Waals surface area contributed by atoms with E-state index in [1.165, 1.54) is 0 Å². The molecule has 1 fully saturated rings. The van der Waals surface area contributed by atoms with E-state index in [1.807, 2.05) is 19.2 Å². The standard InChI is InChI=1S/C25H29N5O5/c1-17-12-21-20(27-14-17)2-3-24(31)30(21)9-8-29-6-4-18(5-7-29)28-25(32)35-16-19-13-22-23(15-26-19)34-11-10-33-22/h2-3,12-15,18H,4-11,16H2,1H3,(H,28,32). The molecule has 0 spiro atoms. The zero-order valence-corrected chi connectivity index (χ0v) is 19.7. The lowest BCUT2D eigenvalue weighted by Gasteiger charge is -2.32. The molecular weight excluding hydrogens is 450 g/mol. The fourth-order valence-electron chi connectivity index (χ4n) is 4.46. The number of aryl methyl sites for hydroxylation is 1. The maximum Gasteiger partial charge on any atom is 0.407 e. The lowest BCUT2D eigenvalue weighted by Crippen LogP contribution is -2.45. The van der Waals surface area contributed by atoms with Crippen molar-refractivity contribution in [3.63, 3.8) is 0 Å². The number of hydrogen-bond donors (Lipinski definition) is 1. The molecule has 35 heavy (non-hydrogen) atoms. The first-order chi connectivity index (χ1) is 17.0. The van der Waals surface area contributed by atoms with E-state index in [0.717, 1.165) is 49.1 Å². The second-order valence-electron chi connectivity index (χ2n) is 8.90. The Morgan fingerprint density at radius 3 is 2.71 bits per heavy atom. The van der Waals surface area contributed by atoms with E-state index >= 15 is 0 Å². The SMILES string of the molecule is Cc1cnc2ccc(=O)n(CCN3CCC(NC(=O)OCc4cc5c(cn4)OCCO5)CC3)c2c1. The van der Waals surface area contributed by atoms with E-state index in [1.54, 1.807) is 29.0 Å². The van der Waals surface area contributed by atoms with E-state index in [9.17, 15) is 9.59 Å². The van der Waals surface area contributed by atoms with Gasteiger partial charge in [0, 0.05) is 50.6 Å². The van der Waals surface area contributed by atoms with Gasteiger partial charge in [-0.15, -0.1) is 0 Å². The predicted molar refractivity (Wildman–Crippen MR) is 129 cm³/mol. The Balaban J connectivity index is 1.08. The van der Waals surface area contributed by atoms with Crippen LogP contribution in [0.4, 0.5) is 4.79 Å². The van der Waals surface area contributed by atoms with E-state index in [2.05, 4.69) is 20.2 Å². The Kier molecular flexibility index (Phi) is 6.80. The van der Waals surface area contributed by atoms with Crippen molar-refractivity contribution in [3.05, 3.63) is 58.3 Å². The molecule has 5 heterocycles. The van der Waals surface area contributed by atoms with E-state index < -0.39 is 6.09 Å². The van der Waals surface area contributed by atoms with Crippen LogP contribution in [0.5, 0.6) is 11.5 Å². The molecule has 1 saturated heterocycles. The van der Waals surface area contributed by atoms with Crippen molar-refractivity contribution < 1.29 is 19.0 Å². The maximum atomic E-state index is 12.5. The normalized spacial score (nSPS) is 16.3. The Hall–Kier alpha value is -3.66. The molecule has 10 heteroatoms. The largest absolute Gasteiger partial charge is 0.486 e. The summed E-state index contributed by atoms with van der Waals surface area (Å²) in [5.74, 6) is 1.23. The number of aromatic nitrogens is 3.